The van der Waals surface area contributed by atoms with E-state index in [1.807, 2.05) is 19.2 Å². The number of benzene rings is 1. The van der Waals surface area contributed by atoms with E-state index in [-0.39, 0.29) is 0 Å². The Hall–Kier alpha value is -1.46. The number of terminal acetylenes is 1. The molecule has 18 heavy (non-hydrogen) atoms. The van der Waals surface area contributed by atoms with Crippen molar-refractivity contribution in [2.75, 3.05) is 13.7 Å². The van der Waals surface area contributed by atoms with Crippen molar-refractivity contribution in [3.8, 4) is 18.1 Å². The smallest absolute Gasteiger partial charge is 0.119 e. The van der Waals surface area contributed by atoms with Crippen LogP contribution >= 0.6 is 0 Å². The fraction of sp³-hybridized carbons (Fsp3) is 0.500. The number of hydrogen-bond donors (Lipinski definition) is 1. The molecule has 0 aromatic heterocycles. The molecule has 2 heteroatoms. The zero-order chi connectivity index (χ0) is 13.2. The third-order valence-electron chi connectivity index (χ3n) is 3.01. The summed E-state index contributed by atoms with van der Waals surface area (Å²) < 4.78 is 5.75. The molecule has 0 aliphatic rings. The molecule has 0 radical (unpaired) electrons. The lowest BCUT2D eigenvalue weighted by atomic mass is 10.1. The molecule has 1 aromatic rings. The quantitative estimate of drug-likeness (QED) is 0.561. The van der Waals surface area contributed by atoms with Gasteiger partial charge in [-0.2, -0.15) is 0 Å². The Kier molecular flexibility index (Phi) is 6.98. The van der Waals surface area contributed by atoms with E-state index in [1.165, 1.54) is 5.56 Å². The van der Waals surface area contributed by atoms with E-state index in [0.717, 1.165) is 38.0 Å². The Bertz CT molecular complexity index is 381. The second kappa shape index (κ2) is 8.60. The van der Waals surface area contributed by atoms with Gasteiger partial charge in [0.05, 0.1) is 6.61 Å². The molecule has 98 valence electrons. The normalized spacial score (nSPS) is 11.8. The van der Waals surface area contributed by atoms with Gasteiger partial charge in [-0.05, 0) is 50.9 Å². The maximum Gasteiger partial charge on any atom is 0.119 e. The van der Waals surface area contributed by atoms with Gasteiger partial charge < -0.3 is 10.1 Å². The third-order valence-corrected chi connectivity index (χ3v) is 3.01. The summed E-state index contributed by atoms with van der Waals surface area (Å²) in [5.74, 6) is 3.63. The largest absolute Gasteiger partial charge is 0.494 e. The predicted molar refractivity (Wildman–Crippen MR) is 76.8 cm³/mol. The number of hydrogen-bond acceptors (Lipinski definition) is 2. The number of rotatable bonds is 8. The van der Waals surface area contributed by atoms with Gasteiger partial charge in [0.25, 0.3) is 0 Å². The van der Waals surface area contributed by atoms with Crippen LogP contribution in [0.2, 0.25) is 0 Å². The lowest BCUT2D eigenvalue weighted by molar-refractivity contribution is 0.283. The van der Waals surface area contributed by atoms with Crippen molar-refractivity contribution in [1.29, 1.82) is 0 Å². The molecule has 0 heterocycles. The van der Waals surface area contributed by atoms with Crippen LogP contribution in [0, 0.1) is 19.3 Å². The highest BCUT2D eigenvalue weighted by Crippen LogP contribution is 2.13. The van der Waals surface area contributed by atoms with Gasteiger partial charge in [0.15, 0.2) is 0 Å². The van der Waals surface area contributed by atoms with E-state index in [0.29, 0.717) is 6.04 Å². The fourth-order valence-electron chi connectivity index (χ4n) is 1.91. The van der Waals surface area contributed by atoms with E-state index in [2.05, 4.69) is 30.3 Å². The molecule has 1 unspecified atom stereocenters. The van der Waals surface area contributed by atoms with Crippen molar-refractivity contribution < 1.29 is 4.74 Å². The predicted octanol–water partition coefficient (Wildman–Crippen LogP) is 3.16. The molecule has 0 aliphatic carbocycles. The van der Waals surface area contributed by atoms with E-state index < -0.39 is 0 Å². The zero-order valence-corrected chi connectivity index (χ0v) is 11.4. The Morgan fingerprint density at radius 2 is 2.22 bits per heavy atom. The highest BCUT2D eigenvalue weighted by molar-refractivity contribution is 5.27. The van der Waals surface area contributed by atoms with Crippen LogP contribution in [0.15, 0.2) is 24.3 Å². The number of aryl methyl sites for hydroxylation is 1. The van der Waals surface area contributed by atoms with Gasteiger partial charge in [0.1, 0.15) is 5.75 Å². The summed E-state index contributed by atoms with van der Waals surface area (Å²) >= 11 is 0. The van der Waals surface area contributed by atoms with Crippen LogP contribution in [-0.4, -0.2) is 19.7 Å². The van der Waals surface area contributed by atoms with Crippen LogP contribution < -0.4 is 10.1 Å². The second-order valence-electron chi connectivity index (χ2n) is 4.54. The first-order chi connectivity index (χ1) is 8.76. The molecular weight excluding hydrogens is 222 g/mol. The second-order valence-corrected chi connectivity index (χ2v) is 4.54. The Balaban J connectivity index is 2.25. The third kappa shape index (κ3) is 5.75. The van der Waals surface area contributed by atoms with E-state index in [9.17, 15) is 0 Å². The molecule has 1 rings (SSSR count). The summed E-state index contributed by atoms with van der Waals surface area (Å²) in [5, 5.41) is 3.31. The highest BCUT2D eigenvalue weighted by Gasteiger charge is 2.05. The minimum absolute atomic E-state index is 0.489. The van der Waals surface area contributed by atoms with Crippen LogP contribution in [-0.2, 0) is 0 Å². The Morgan fingerprint density at radius 1 is 1.39 bits per heavy atom. The Morgan fingerprint density at radius 3 is 2.89 bits per heavy atom. The van der Waals surface area contributed by atoms with Crippen molar-refractivity contribution in [3.63, 3.8) is 0 Å². The first kappa shape index (κ1) is 14.6. The SMILES string of the molecule is C#CCCCC(CCOc1cccc(C)c1)NC. The summed E-state index contributed by atoms with van der Waals surface area (Å²) in [4.78, 5) is 0. The molecule has 0 fully saturated rings. The average molecular weight is 245 g/mol. The van der Waals surface area contributed by atoms with Crippen LogP contribution in [0.5, 0.6) is 5.75 Å². The maximum absolute atomic E-state index is 5.75. The molecule has 0 saturated carbocycles. The van der Waals surface area contributed by atoms with Gasteiger partial charge in [0, 0.05) is 12.5 Å². The molecule has 1 N–H and O–H groups in total. The topological polar surface area (TPSA) is 21.3 Å². The molecule has 2 nitrogen and oxygen atoms in total. The minimum Gasteiger partial charge on any atom is -0.494 e. The zero-order valence-electron chi connectivity index (χ0n) is 11.4. The van der Waals surface area contributed by atoms with Gasteiger partial charge >= 0.3 is 0 Å². The van der Waals surface area contributed by atoms with Crippen LogP contribution in [0.1, 0.15) is 31.2 Å². The standard InChI is InChI=1S/C16H23NO/c1-4-5-6-9-15(17-3)11-12-18-16-10-7-8-14(2)13-16/h1,7-8,10,13,15,17H,5-6,9,11-12H2,2-3H3. The summed E-state index contributed by atoms with van der Waals surface area (Å²) in [5.41, 5.74) is 1.23. The van der Waals surface area contributed by atoms with E-state index >= 15 is 0 Å². The van der Waals surface area contributed by atoms with Crippen LogP contribution in [0.25, 0.3) is 0 Å². The van der Waals surface area contributed by atoms with Crippen LogP contribution in [0.3, 0.4) is 0 Å². The summed E-state index contributed by atoms with van der Waals surface area (Å²) in [6, 6.07) is 8.64. The van der Waals surface area contributed by atoms with Gasteiger partial charge in [-0.3, -0.25) is 0 Å². The molecular formula is C16H23NO. The van der Waals surface area contributed by atoms with Gasteiger partial charge in [0.2, 0.25) is 0 Å². The van der Waals surface area contributed by atoms with Crippen molar-refractivity contribution in [2.24, 2.45) is 0 Å². The lowest BCUT2D eigenvalue weighted by Crippen LogP contribution is -2.27. The number of unbranched alkanes of at least 4 members (excludes halogenated alkanes) is 1. The average Bonchev–Trinajstić information content (AvgIpc) is 2.37. The van der Waals surface area contributed by atoms with Crippen molar-refractivity contribution >= 4 is 0 Å². The lowest BCUT2D eigenvalue weighted by Gasteiger charge is -2.16. The van der Waals surface area contributed by atoms with Gasteiger partial charge in [-0.15, -0.1) is 12.3 Å². The summed E-state index contributed by atoms with van der Waals surface area (Å²) in [7, 11) is 1.99. The molecule has 0 aliphatic heterocycles. The van der Waals surface area contributed by atoms with Crippen LogP contribution in [0.4, 0.5) is 0 Å². The first-order valence-electron chi connectivity index (χ1n) is 6.56. The summed E-state index contributed by atoms with van der Waals surface area (Å²) in [6.07, 6.45) is 9.30. The summed E-state index contributed by atoms with van der Waals surface area (Å²) in [6.45, 7) is 2.81. The maximum atomic E-state index is 5.75. The van der Waals surface area contributed by atoms with E-state index in [1.54, 1.807) is 0 Å². The molecule has 0 spiro atoms. The highest BCUT2D eigenvalue weighted by atomic mass is 16.5. The molecule has 1 aromatic carbocycles. The fourth-order valence-corrected chi connectivity index (χ4v) is 1.91. The van der Waals surface area contributed by atoms with Gasteiger partial charge in [-0.25, -0.2) is 0 Å². The van der Waals surface area contributed by atoms with Crippen molar-refractivity contribution in [2.45, 2.75) is 38.6 Å². The van der Waals surface area contributed by atoms with E-state index in [4.69, 9.17) is 11.2 Å². The van der Waals surface area contributed by atoms with Crippen molar-refractivity contribution in [1.82, 2.24) is 5.32 Å². The number of nitrogens with one attached hydrogen (secondary N) is 1. The monoisotopic (exact) mass is 245 g/mol. The minimum atomic E-state index is 0.489. The molecule has 0 bridgehead atoms. The van der Waals surface area contributed by atoms with Gasteiger partial charge in [-0.1, -0.05) is 12.1 Å². The molecule has 1 atom stereocenters. The Labute approximate surface area is 111 Å². The van der Waals surface area contributed by atoms with Crippen molar-refractivity contribution in [3.05, 3.63) is 29.8 Å². The number of ether oxygens (including phenoxy) is 1. The first-order valence-corrected chi connectivity index (χ1v) is 6.56. The molecule has 0 saturated heterocycles. The molecule has 0 amide bonds.